The Labute approximate surface area is 89.7 Å². The molecule has 0 saturated heterocycles. The minimum absolute atomic E-state index is 0.252. The van der Waals surface area contributed by atoms with E-state index in [0.29, 0.717) is 30.4 Å². The molecule has 4 N–H and O–H groups in total. The number of aliphatic hydroxyl groups is 1. The first-order chi connectivity index (χ1) is 7.11. The Morgan fingerprint density at radius 1 is 1.53 bits per heavy atom. The van der Waals surface area contributed by atoms with Gasteiger partial charge in [-0.05, 0) is 19.8 Å². The van der Waals surface area contributed by atoms with Gasteiger partial charge < -0.3 is 16.2 Å². The molecule has 1 aromatic heterocycles. The van der Waals surface area contributed by atoms with Crippen molar-refractivity contribution in [2.24, 2.45) is 0 Å². The van der Waals surface area contributed by atoms with Crippen LogP contribution in [0.3, 0.4) is 0 Å². The normalized spacial score (nSPS) is 12.5. The van der Waals surface area contributed by atoms with Gasteiger partial charge in [0.25, 0.3) is 0 Å². The van der Waals surface area contributed by atoms with Gasteiger partial charge in [-0.2, -0.15) is 0 Å². The second-order valence-electron chi connectivity index (χ2n) is 3.50. The molecular formula is C10H18N4O. The number of nitrogens with zero attached hydrogens (tertiary/aromatic N) is 2. The van der Waals surface area contributed by atoms with Crippen LogP contribution < -0.4 is 11.1 Å². The van der Waals surface area contributed by atoms with Crippen LogP contribution >= 0.6 is 0 Å². The van der Waals surface area contributed by atoms with Gasteiger partial charge in [-0.1, -0.05) is 6.92 Å². The molecule has 1 heterocycles. The molecule has 0 fully saturated rings. The summed E-state index contributed by atoms with van der Waals surface area (Å²) in [7, 11) is 0. The quantitative estimate of drug-likeness (QED) is 0.673. The van der Waals surface area contributed by atoms with Crippen molar-refractivity contribution >= 4 is 11.6 Å². The number of aryl methyl sites for hydroxylation is 1. The van der Waals surface area contributed by atoms with Crippen molar-refractivity contribution in [3.63, 3.8) is 0 Å². The van der Waals surface area contributed by atoms with Crippen molar-refractivity contribution < 1.29 is 5.11 Å². The molecule has 0 saturated carbocycles. The molecule has 5 nitrogen and oxygen atoms in total. The van der Waals surface area contributed by atoms with Crippen LogP contribution in [0.4, 0.5) is 11.6 Å². The number of aromatic nitrogens is 2. The summed E-state index contributed by atoms with van der Waals surface area (Å²) in [5.41, 5.74) is 5.58. The van der Waals surface area contributed by atoms with Gasteiger partial charge in [0.15, 0.2) is 0 Å². The molecule has 1 aromatic rings. The Morgan fingerprint density at radius 3 is 2.87 bits per heavy atom. The van der Waals surface area contributed by atoms with Gasteiger partial charge in [0, 0.05) is 12.6 Å². The summed E-state index contributed by atoms with van der Waals surface area (Å²) in [6.45, 7) is 4.44. The number of hydrogen-bond donors (Lipinski definition) is 3. The van der Waals surface area contributed by atoms with Crippen LogP contribution in [0.15, 0.2) is 6.07 Å². The summed E-state index contributed by atoms with van der Waals surface area (Å²) in [6.07, 6.45) is 1.23. The van der Waals surface area contributed by atoms with Crippen LogP contribution in [0.25, 0.3) is 0 Å². The number of rotatable bonds is 5. The van der Waals surface area contributed by atoms with Crippen molar-refractivity contribution in [3.8, 4) is 0 Å². The van der Waals surface area contributed by atoms with Gasteiger partial charge in [0.1, 0.15) is 17.5 Å². The summed E-state index contributed by atoms with van der Waals surface area (Å²) in [5, 5.41) is 12.4. The van der Waals surface area contributed by atoms with E-state index < -0.39 is 0 Å². The zero-order valence-corrected chi connectivity index (χ0v) is 9.20. The molecule has 5 heteroatoms. The van der Waals surface area contributed by atoms with Gasteiger partial charge in [-0.25, -0.2) is 9.97 Å². The Balaban J connectivity index is 2.43. The zero-order chi connectivity index (χ0) is 11.3. The summed E-state index contributed by atoms with van der Waals surface area (Å²) < 4.78 is 0. The molecule has 0 radical (unpaired) electrons. The van der Waals surface area contributed by atoms with E-state index in [2.05, 4.69) is 15.3 Å². The molecule has 1 unspecified atom stereocenters. The Morgan fingerprint density at radius 2 is 2.27 bits per heavy atom. The SMILES string of the molecule is CCC(O)CCNc1cc(N)nc(C)n1. The number of nitrogens with two attached hydrogens (primary N) is 1. The largest absolute Gasteiger partial charge is 0.393 e. The Hall–Kier alpha value is -1.36. The summed E-state index contributed by atoms with van der Waals surface area (Å²) in [5.74, 6) is 1.82. The van der Waals surface area contributed by atoms with Crippen LogP contribution in [0.2, 0.25) is 0 Å². The first-order valence-corrected chi connectivity index (χ1v) is 5.15. The predicted molar refractivity (Wildman–Crippen MR) is 60.6 cm³/mol. The molecule has 0 aliphatic rings. The van der Waals surface area contributed by atoms with Crippen molar-refractivity contribution in [2.75, 3.05) is 17.6 Å². The van der Waals surface area contributed by atoms with Gasteiger partial charge in [-0.3, -0.25) is 0 Å². The van der Waals surface area contributed by atoms with Crippen LogP contribution in [0.5, 0.6) is 0 Å². The van der Waals surface area contributed by atoms with Gasteiger partial charge >= 0.3 is 0 Å². The topological polar surface area (TPSA) is 84.1 Å². The third-order valence-electron chi connectivity index (χ3n) is 2.11. The standard InChI is InChI=1S/C10H18N4O/c1-3-8(15)4-5-12-10-6-9(11)13-7(2)14-10/h6,8,15H,3-5H2,1-2H3,(H3,11,12,13,14). The van der Waals surface area contributed by atoms with E-state index in [0.717, 1.165) is 6.42 Å². The third kappa shape index (κ3) is 4.12. The van der Waals surface area contributed by atoms with E-state index in [1.165, 1.54) is 0 Å². The van der Waals surface area contributed by atoms with Crippen molar-refractivity contribution in [1.29, 1.82) is 0 Å². The molecule has 1 rings (SSSR count). The summed E-state index contributed by atoms with van der Waals surface area (Å²) >= 11 is 0. The van der Waals surface area contributed by atoms with E-state index in [4.69, 9.17) is 5.73 Å². The zero-order valence-electron chi connectivity index (χ0n) is 9.20. The fourth-order valence-corrected chi connectivity index (χ4v) is 1.25. The average Bonchev–Trinajstić information content (AvgIpc) is 2.16. The fourth-order valence-electron chi connectivity index (χ4n) is 1.25. The second-order valence-corrected chi connectivity index (χ2v) is 3.50. The molecule has 0 spiro atoms. The van der Waals surface area contributed by atoms with E-state index in [9.17, 15) is 5.11 Å². The highest BCUT2D eigenvalue weighted by Gasteiger charge is 2.01. The van der Waals surface area contributed by atoms with Gasteiger partial charge in [0.2, 0.25) is 0 Å². The number of nitrogens with one attached hydrogen (secondary N) is 1. The first kappa shape index (κ1) is 11.7. The highest BCUT2D eigenvalue weighted by Crippen LogP contribution is 2.08. The Bertz CT molecular complexity index is 296. The molecule has 0 aliphatic carbocycles. The van der Waals surface area contributed by atoms with Crippen LogP contribution in [-0.4, -0.2) is 27.7 Å². The summed E-state index contributed by atoms with van der Waals surface area (Å²) in [4.78, 5) is 8.14. The lowest BCUT2D eigenvalue weighted by molar-refractivity contribution is 0.164. The summed E-state index contributed by atoms with van der Waals surface area (Å²) in [6, 6.07) is 1.69. The highest BCUT2D eigenvalue weighted by atomic mass is 16.3. The number of aliphatic hydroxyl groups excluding tert-OH is 1. The minimum Gasteiger partial charge on any atom is -0.393 e. The maximum atomic E-state index is 9.35. The van der Waals surface area contributed by atoms with Crippen LogP contribution in [0.1, 0.15) is 25.6 Å². The molecule has 0 aromatic carbocycles. The highest BCUT2D eigenvalue weighted by molar-refractivity contribution is 5.44. The monoisotopic (exact) mass is 210 g/mol. The lowest BCUT2D eigenvalue weighted by Gasteiger charge is -2.09. The van der Waals surface area contributed by atoms with Gasteiger partial charge in [-0.15, -0.1) is 0 Å². The minimum atomic E-state index is -0.252. The molecule has 15 heavy (non-hydrogen) atoms. The molecular weight excluding hydrogens is 192 g/mol. The molecule has 0 aliphatic heterocycles. The lowest BCUT2D eigenvalue weighted by atomic mass is 10.2. The van der Waals surface area contributed by atoms with Crippen LogP contribution in [0, 0.1) is 6.92 Å². The smallest absolute Gasteiger partial charge is 0.131 e. The number of anilines is 2. The lowest BCUT2D eigenvalue weighted by Crippen LogP contribution is -2.13. The van der Waals surface area contributed by atoms with Crippen molar-refractivity contribution in [2.45, 2.75) is 32.8 Å². The van der Waals surface area contributed by atoms with E-state index in [1.54, 1.807) is 13.0 Å². The van der Waals surface area contributed by atoms with Gasteiger partial charge in [0.05, 0.1) is 6.10 Å². The van der Waals surface area contributed by atoms with Crippen LogP contribution in [-0.2, 0) is 0 Å². The van der Waals surface area contributed by atoms with Crippen molar-refractivity contribution in [3.05, 3.63) is 11.9 Å². The third-order valence-corrected chi connectivity index (χ3v) is 2.11. The first-order valence-electron chi connectivity index (χ1n) is 5.15. The van der Waals surface area contributed by atoms with E-state index >= 15 is 0 Å². The van der Waals surface area contributed by atoms with E-state index in [1.807, 2.05) is 6.92 Å². The maximum Gasteiger partial charge on any atom is 0.131 e. The molecule has 0 bridgehead atoms. The maximum absolute atomic E-state index is 9.35. The van der Waals surface area contributed by atoms with E-state index in [-0.39, 0.29) is 6.10 Å². The predicted octanol–water partition coefficient (Wildman–Crippen LogP) is 0.940. The number of hydrogen-bond acceptors (Lipinski definition) is 5. The number of nitrogen functional groups attached to an aromatic ring is 1. The average molecular weight is 210 g/mol. The Kier molecular flexibility index (Phi) is 4.30. The molecule has 0 amide bonds. The molecule has 1 atom stereocenters. The van der Waals surface area contributed by atoms with Crippen molar-refractivity contribution in [1.82, 2.24) is 9.97 Å². The molecule has 84 valence electrons. The second kappa shape index (κ2) is 5.50. The fraction of sp³-hybridized carbons (Fsp3) is 0.600.